The number of rotatable bonds is 4. The van der Waals surface area contributed by atoms with Gasteiger partial charge in [0, 0.05) is 5.75 Å². The Morgan fingerprint density at radius 3 is 2.78 bits per heavy atom. The van der Waals surface area contributed by atoms with Crippen LogP contribution >= 0.6 is 11.8 Å². The molecule has 1 fully saturated rings. The number of thioether (sulfide) groups is 1. The average molecular weight is 403 g/mol. The second-order valence-corrected chi connectivity index (χ2v) is 10.0. The largest absolute Gasteiger partial charge is 0.495 e. The van der Waals surface area contributed by atoms with Crippen molar-refractivity contribution in [2.75, 3.05) is 23.5 Å². The first-order valence-corrected chi connectivity index (χ1v) is 11.7. The lowest BCUT2D eigenvalue weighted by Crippen LogP contribution is -2.39. The Morgan fingerprint density at radius 2 is 2.00 bits per heavy atom. The molecule has 0 saturated carbocycles. The molecule has 0 aromatic heterocycles. The minimum absolute atomic E-state index is 0.123. The molecule has 2 atom stereocenters. The van der Waals surface area contributed by atoms with Crippen molar-refractivity contribution in [2.45, 2.75) is 24.8 Å². The number of sulfone groups is 1. The molecule has 2 aromatic rings. The quantitative estimate of drug-likeness (QED) is 0.786. The average Bonchev–Trinajstić information content (AvgIpc) is 3.11. The van der Waals surface area contributed by atoms with E-state index in [1.807, 2.05) is 24.3 Å². The Labute approximate surface area is 164 Å². The molecule has 4 rings (SSSR count). The summed E-state index contributed by atoms with van der Waals surface area (Å²) in [5.74, 6) is 1.77. The maximum absolute atomic E-state index is 12.2. The van der Waals surface area contributed by atoms with Crippen LogP contribution < -0.4 is 9.64 Å². The fraction of sp³-hybridized carbons (Fsp3) is 0.350. The second-order valence-electron chi connectivity index (χ2n) is 6.94. The first-order chi connectivity index (χ1) is 13.0. The van der Waals surface area contributed by atoms with E-state index in [2.05, 4.69) is 36.1 Å². The number of benzene rings is 2. The fourth-order valence-corrected chi connectivity index (χ4v) is 6.60. The van der Waals surface area contributed by atoms with Crippen LogP contribution in [0.2, 0.25) is 0 Å². The van der Waals surface area contributed by atoms with Crippen molar-refractivity contribution in [3.8, 4) is 5.75 Å². The van der Waals surface area contributed by atoms with E-state index in [-0.39, 0.29) is 23.6 Å². The molecule has 0 bridgehead atoms. The van der Waals surface area contributed by atoms with Gasteiger partial charge in [-0.3, -0.25) is 4.99 Å². The van der Waals surface area contributed by atoms with E-state index in [1.54, 1.807) is 18.9 Å². The normalized spacial score (nSPS) is 23.2. The molecule has 2 aliphatic rings. The lowest BCUT2D eigenvalue weighted by Gasteiger charge is -2.27. The molecule has 0 radical (unpaired) electrons. The number of amidine groups is 1. The monoisotopic (exact) mass is 402 g/mol. The van der Waals surface area contributed by atoms with Gasteiger partial charge in [-0.05, 0) is 24.6 Å². The third kappa shape index (κ3) is 3.71. The molecule has 2 heterocycles. The standard InChI is InChI=1S/C20H22N2O3S2/c1-14-6-5-7-15(10-14)11-26-20-21-16-12-27(23,24)13-18(16)22(20)17-8-3-4-9-19(17)25-2/h3-10,16,18H,11-13H2,1-2H3. The summed E-state index contributed by atoms with van der Waals surface area (Å²) in [5.41, 5.74) is 3.33. The first kappa shape index (κ1) is 18.4. The zero-order valence-corrected chi connectivity index (χ0v) is 17.0. The van der Waals surface area contributed by atoms with E-state index < -0.39 is 9.84 Å². The molecule has 2 aliphatic heterocycles. The third-order valence-electron chi connectivity index (χ3n) is 4.90. The Bertz CT molecular complexity index is 988. The van der Waals surface area contributed by atoms with E-state index in [4.69, 9.17) is 9.73 Å². The fourth-order valence-electron chi connectivity index (χ4n) is 3.69. The highest BCUT2D eigenvalue weighted by molar-refractivity contribution is 8.13. The molecule has 142 valence electrons. The van der Waals surface area contributed by atoms with E-state index >= 15 is 0 Å². The van der Waals surface area contributed by atoms with Gasteiger partial charge in [0.1, 0.15) is 5.75 Å². The second kappa shape index (κ2) is 7.20. The van der Waals surface area contributed by atoms with Gasteiger partial charge in [0.2, 0.25) is 0 Å². The number of fused-ring (bicyclic) bond motifs is 1. The van der Waals surface area contributed by atoms with Gasteiger partial charge >= 0.3 is 0 Å². The number of ether oxygens (including phenoxy) is 1. The number of nitrogens with zero attached hydrogens (tertiary/aromatic N) is 2. The lowest BCUT2D eigenvalue weighted by atomic mass is 10.1. The van der Waals surface area contributed by atoms with Crippen LogP contribution in [0.25, 0.3) is 0 Å². The summed E-state index contributed by atoms with van der Waals surface area (Å²) in [6.45, 7) is 2.08. The highest BCUT2D eigenvalue weighted by Gasteiger charge is 2.47. The van der Waals surface area contributed by atoms with Crippen LogP contribution in [-0.2, 0) is 15.6 Å². The van der Waals surface area contributed by atoms with Crippen LogP contribution in [0.5, 0.6) is 5.75 Å². The molecular weight excluding hydrogens is 380 g/mol. The molecule has 7 heteroatoms. The summed E-state index contributed by atoms with van der Waals surface area (Å²) in [6, 6.07) is 15.8. The summed E-state index contributed by atoms with van der Waals surface area (Å²) in [6.07, 6.45) is 0. The Morgan fingerprint density at radius 1 is 1.19 bits per heavy atom. The number of aryl methyl sites for hydroxylation is 1. The maximum Gasteiger partial charge on any atom is 0.164 e. The minimum atomic E-state index is -3.06. The predicted molar refractivity (Wildman–Crippen MR) is 112 cm³/mol. The molecule has 2 aromatic carbocycles. The molecule has 0 aliphatic carbocycles. The number of hydrogen-bond acceptors (Lipinski definition) is 6. The number of methoxy groups -OCH3 is 1. The number of hydrogen-bond donors (Lipinski definition) is 0. The van der Waals surface area contributed by atoms with Gasteiger partial charge in [0.05, 0.1) is 36.4 Å². The minimum Gasteiger partial charge on any atom is -0.495 e. The van der Waals surface area contributed by atoms with E-state index in [9.17, 15) is 8.42 Å². The lowest BCUT2D eigenvalue weighted by molar-refractivity contribution is 0.415. The van der Waals surface area contributed by atoms with Gasteiger partial charge in [0.15, 0.2) is 15.0 Å². The van der Waals surface area contributed by atoms with Gasteiger partial charge in [-0.25, -0.2) is 8.42 Å². The van der Waals surface area contributed by atoms with Crippen LogP contribution in [-0.4, -0.2) is 44.3 Å². The van der Waals surface area contributed by atoms with Crippen LogP contribution in [0.3, 0.4) is 0 Å². The van der Waals surface area contributed by atoms with Crippen LogP contribution in [0, 0.1) is 6.92 Å². The molecule has 0 amide bonds. The van der Waals surface area contributed by atoms with Crippen molar-refractivity contribution < 1.29 is 13.2 Å². The highest BCUT2D eigenvalue weighted by Crippen LogP contribution is 2.39. The molecular formula is C20H22N2O3S2. The maximum atomic E-state index is 12.2. The molecule has 2 unspecified atom stereocenters. The number of anilines is 1. The zero-order valence-electron chi connectivity index (χ0n) is 15.3. The van der Waals surface area contributed by atoms with Gasteiger partial charge in [-0.1, -0.05) is 53.7 Å². The molecule has 1 saturated heterocycles. The molecule has 5 nitrogen and oxygen atoms in total. The molecule has 0 N–H and O–H groups in total. The molecule has 0 spiro atoms. The van der Waals surface area contributed by atoms with Gasteiger partial charge in [-0.15, -0.1) is 0 Å². The highest BCUT2D eigenvalue weighted by atomic mass is 32.2. The van der Waals surface area contributed by atoms with Crippen molar-refractivity contribution >= 4 is 32.5 Å². The molecule has 27 heavy (non-hydrogen) atoms. The van der Waals surface area contributed by atoms with Gasteiger partial charge in [0.25, 0.3) is 0 Å². The zero-order chi connectivity index (χ0) is 19.0. The van der Waals surface area contributed by atoms with Crippen LogP contribution in [0.15, 0.2) is 53.5 Å². The van der Waals surface area contributed by atoms with Crippen LogP contribution in [0.4, 0.5) is 5.69 Å². The number of aliphatic imine (C=N–C) groups is 1. The van der Waals surface area contributed by atoms with Crippen molar-refractivity contribution in [3.05, 3.63) is 59.7 Å². The summed E-state index contributed by atoms with van der Waals surface area (Å²) in [4.78, 5) is 6.85. The predicted octanol–water partition coefficient (Wildman–Crippen LogP) is 3.28. The first-order valence-electron chi connectivity index (χ1n) is 8.86. The van der Waals surface area contributed by atoms with Crippen molar-refractivity contribution in [2.24, 2.45) is 4.99 Å². The third-order valence-corrected chi connectivity index (χ3v) is 7.64. The van der Waals surface area contributed by atoms with Crippen molar-refractivity contribution in [1.82, 2.24) is 0 Å². The van der Waals surface area contributed by atoms with Gasteiger partial charge < -0.3 is 9.64 Å². The smallest absolute Gasteiger partial charge is 0.164 e. The van der Waals surface area contributed by atoms with Crippen molar-refractivity contribution in [3.63, 3.8) is 0 Å². The summed E-state index contributed by atoms with van der Waals surface area (Å²) >= 11 is 1.65. The van der Waals surface area contributed by atoms with E-state index in [1.165, 1.54) is 11.1 Å². The van der Waals surface area contributed by atoms with Crippen LogP contribution in [0.1, 0.15) is 11.1 Å². The number of para-hydroxylation sites is 2. The SMILES string of the molecule is COc1ccccc1N1C(SCc2cccc(C)c2)=NC2CS(=O)(=O)CC21. The van der Waals surface area contributed by atoms with Crippen molar-refractivity contribution in [1.29, 1.82) is 0 Å². The summed E-state index contributed by atoms with van der Waals surface area (Å²) in [5, 5.41) is 0.867. The summed E-state index contributed by atoms with van der Waals surface area (Å²) < 4.78 is 29.9. The Kier molecular flexibility index (Phi) is 4.90. The topological polar surface area (TPSA) is 59.0 Å². The van der Waals surface area contributed by atoms with Gasteiger partial charge in [-0.2, -0.15) is 0 Å². The summed E-state index contributed by atoms with van der Waals surface area (Å²) in [7, 11) is -1.43. The van der Waals surface area contributed by atoms with E-state index in [0.29, 0.717) is 0 Å². The van der Waals surface area contributed by atoms with E-state index in [0.717, 1.165) is 22.4 Å². The Hall–Kier alpha value is -1.99. The Balaban J connectivity index is 1.65.